The number of aliphatic imine (C=N–C) groups is 1. The molecule has 0 heterocycles. The Hall–Kier alpha value is -0.910. The van der Waals surface area contributed by atoms with E-state index in [0.717, 1.165) is 48.4 Å². The average molecular weight is 556 g/mol. The van der Waals surface area contributed by atoms with Gasteiger partial charge in [-0.05, 0) is 38.1 Å². The normalized spacial score (nSPS) is 11.1. The monoisotopic (exact) mass is 555 g/mol. The van der Waals surface area contributed by atoms with Crippen LogP contribution >= 0.6 is 39.9 Å². The number of methoxy groups -OCH3 is 1. The van der Waals surface area contributed by atoms with E-state index in [0.29, 0.717) is 5.96 Å². The van der Waals surface area contributed by atoms with Crippen LogP contribution in [-0.2, 0) is 9.53 Å². The Morgan fingerprint density at radius 3 is 2.70 bits per heavy atom. The molecular formula is C18H31BrIN5O2. The van der Waals surface area contributed by atoms with Crippen molar-refractivity contribution in [1.29, 1.82) is 0 Å². The summed E-state index contributed by atoms with van der Waals surface area (Å²) in [6, 6.07) is 5.79. The molecule has 0 unspecified atom stereocenters. The standard InChI is InChI=1S/C18H30BrN5O2.HI/c1-14-6-7-15(19)12-16(14)23-17(25)13-22-18(20-2)21-8-10-24(3)9-5-11-26-4;/h6-7,12H,5,8-11,13H2,1-4H3,(H,23,25)(H2,20,21,22);1H. The lowest BCUT2D eigenvalue weighted by Crippen LogP contribution is -2.43. The molecule has 27 heavy (non-hydrogen) atoms. The Morgan fingerprint density at radius 2 is 2.04 bits per heavy atom. The third-order valence-electron chi connectivity index (χ3n) is 3.79. The van der Waals surface area contributed by atoms with Crippen LogP contribution in [0, 0.1) is 6.92 Å². The van der Waals surface area contributed by atoms with Crippen LogP contribution in [0.1, 0.15) is 12.0 Å². The first kappa shape index (κ1) is 26.1. The van der Waals surface area contributed by atoms with Gasteiger partial charge in [0.25, 0.3) is 0 Å². The lowest BCUT2D eigenvalue weighted by atomic mass is 10.2. The molecule has 1 rings (SSSR count). The van der Waals surface area contributed by atoms with Crippen molar-refractivity contribution in [2.75, 3.05) is 59.3 Å². The number of likely N-dealkylation sites (N-methyl/N-ethyl adjacent to an activating group) is 1. The number of aryl methyl sites for hydroxylation is 1. The van der Waals surface area contributed by atoms with Crippen LogP contribution in [0.4, 0.5) is 5.69 Å². The molecule has 0 radical (unpaired) electrons. The van der Waals surface area contributed by atoms with E-state index >= 15 is 0 Å². The Bertz CT molecular complexity index is 601. The summed E-state index contributed by atoms with van der Waals surface area (Å²) in [6.45, 7) is 5.49. The topological polar surface area (TPSA) is 78.0 Å². The van der Waals surface area contributed by atoms with Crippen LogP contribution in [0.15, 0.2) is 27.7 Å². The van der Waals surface area contributed by atoms with Gasteiger partial charge in [0.2, 0.25) is 5.91 Å². The molecule has 0 aromatic heterocycles. The van der Waals surface area contributed by atoms with Crippen molar-refractivity contribution in [1.82, 2.24) is 15.5 Å². The zero-order chi connectivity index (χ0) is 19.4. The van der Waals surface area contributed by atoms with Crippen molar-refractivity contribution < 1.29 is 9.53 Å². The van der Waals surface area contributed by atoms with Gasteiger partial charge in [0.05, 0.1) is 6.54 Å². The highest BCUT2D eigenvalue weighted by Crippen LogP contribution is 2.20. The fourth-order valence-corrected chi connectivity index (χ4v) is 2.62. The number of nitrogens with one attached hydrogen (secondary N) is 3. The van der Waals surface area contributed by atoms with Crippen LogP contribution < -0.4 is 16.0 Å². The van der Waals surface area contributed by atoms with Gasteiger partial charge in [-0.25, -0.2) is 0 Å². The van der Waals surface area contributed by atoms with Gasteiger partial charge in [0.15, 0.2) is 5.96 Å². The number of nitrogens with zero attached hydrogens (tertiary/aromatic N) is 2. The summed E-state index contributed by atoms with van der Waals surface area (Å²) in [5.74, 6) is 0.488. The maximum atomic E-state index is 12.1. The molecule has 0 bridgehead atoms. The molecule has 0 aliphatic heterocycles. The van der Waals surface area contributed by atoms with Gasteiger partial charge in [-0.1, -0.05) is 22.0 Å². The minimum Gasteiger partial charge on any atom is -0.385 e. The van der Waals surface area contributed by atoms with Gasteiger partial charge in [0.1, 0.15) is 0 Å². The Morgan fingerprint density at radius 1 is 1.30 bits per heavy atom. The van der Waals surface area contributed by atoms with Crippen molar-refractivity contribution in [2.45, 2.75) is 13.3 Å². The molecule has 0 atom stereocenters. The second kappa shape index (κ2) is 15.1. The second-order valence-electron chi connectivity index (χ2n) is 6.01. The van der Waals surface area contributed by atoms with E-state index < -0.39 is 0 Å². The molecular weight excluding hydrogens is 525 g/mol. The number of amides is 1. The number of guanidine groups is 1. The second-order valence-corrected chi connectivity index (χ2v) is 6.93. The molecule has 0 saturated heterocycles. The van der Waals surface area contributed by atoms with Crippen LogP contribution in [-0.4, -0.2) is 70.8 Å². The van der Waals surface area contributed by atoms with E-state index in [1.807, 2.05) is 25.1 Å². The minimum atomic E-state index is -0.120. The summed E-state index contributed by atoms with van der Waals surface area (Å²) in [7, 11) is 5.47. The smallest absolute Gasteiger partial charge is 0.243 e. The molecule has 1 aromatic rings. The van der Waals surface area contributed by atoms with Crippen LogP contribution in [0.2, 0.25) is 0 Å². The number of carbonyl (C=O) groups excluding carboxylic acids is 1. The molecule has 1 aromatic carbocycles. The number of carbonyl (C=O) groups is 1. The molecule has 1 amide bonds. The minimum absolute atomic E-state index is 0. The molecule has 0 saturated carbocycles. The quantitative estimate of drug-likeness (QED) is 0.179. The molecule has 0 aliphatic rings. The Balaban J connectivity index is 0.00000676. The molecule has 0 spiro atoms. The third-order valence-corrected chi connectivity index (χ3v) is 4.28. The summed E-state index contributed by atoms with van der Waals surface area (Å²) in [6.07, 6.45) is 1.01. The predicted octanol–water partition coefficient (Wildman–Crippen LogP) is 2.45. The summed E-state index contributed by atoms with van der Waals surface area (Å²) >= 11 is 3.41. The van der Waals surface area contributed by atoms with Crippen molar-refractivity contribution in [3.63, 3.8) is 0 Å². The fraction of sp³-hybridized carbons (Fsp3) is 0.556. The first-order valence-electron chi connectivity index (χ1n) is 8.64. The van der Waals surface area contributed by atoms with E-state index in [9.17, 15) is 4.79 Å². The number of benzene rings is 1. The SMILES string of the molecule is CN=C(NCCN(C)CCCOC)NCC(=O)Nc1cc(Br)ccc1C.I. The van der Waals surface area contributed by atoms with Gasteiger partial charge < -0.3 is 25.6 Å². The fourth-order valence-electron chi connectivity index (χ4n) is 2.26. The highest BCUT2D eigenvalue weighted by Gasteiger charge is 2.07. The van der Waals surface area contributed by atoms with Gasteiger partial charge in [-0.3, -0.25) is 9.79 Å². The molecule has 3 N–H and O–H groups in total. The highest BCUT2D eigenvalue weighted by atomic mass is 127. The van der Waals surface area contributed by atoms with Crippen molar-refractivity contribution in [3.05, 3.63) is 28.2 Å². The number of anilines is 1. The number of hydrogen-bond acceptors (Lipinski definition) is 4. The molecule has 7 nitrogen and oxygen atoms in total. The van der Waals surface area contributed by atoms with Crippen LogP contribution in [0.25, 0.3) is 0 Å². The summed E-state index contributed by atoms with van der Waals surface area (Å²) in [5, 5.41) is 9.13. The van der Waals surface area contributed by atoms with Gasteiger partial charge >= 0.3 is 0 Å². The molecule has 9 heteroatoms. The van der Waals surface area contributed by atoms with Crippen LogP contribution in [0.5, 0.6) is 0 Å². The summed E-state index contributed by atoms with van der Waals surface area (Å²) in [4.78, 5) is 18.5. The first-order valence-corrected chi connectivity index (χ1v) is 9.43. The maximum absolute atomic E-state index is 12.1. The number of rotatable bonds is 10. The lowest BCUT2D eigenvalue weighted by molar-refractivity contribution is -0.115. The number of ether oxygens (including phenoxy) is 1. The van der Waals surface area contributed by atoms with Gasteiger partial charge in [0, 0.05) is 50.6 Å². The largest absolute Gasteiger partial charge is 0.385 e. The van der Waals surface area contributed by atoms with Crippen molar-refractivity contribution in [3.8, 4) is 0 Å². The average Bonchev–Trinajstić information content (AvgIpc) is 2.61. The van der Waals surface area contributed by atoms with Gasteiger partial charge in [-0.15, -0.1) is 24.0 Å². The zero-order valence-corrected chi connectivity index (χ0v) is 20.4. The molecule has 154 valence electrons. The Kier molecular flexibility index (Phi) is 14.6. The van der Waals surface area contributed by atoms with E-state index in [1.54, 1.807) is 14.2 Å². The Labute approximate surface area is 187 Å². The molecule has 0 fully saturated rings. The van der Waals surface area contributed by atoms with Gasteiger partial charge in [-0.2, -0.15) is 0 Å². The summed E-state index contributed by atoms with van der Waals surface area (Å²) in [5.41, 5.74) is 1.81. The third kappa shape index (κ3) is 11.5. The van der Waals surface area contributed by atoms with E-state index in [4.69, 9.17) is 4.74 Å². The highest BCUT2D eigenvalue weighted by molar-refractivity contribution is 14.0. The van der Waals surface area contributed by atoms with Crippen molar-refractivity contribution in [2.24, 2.45) is 4.99 Å². The van der Waals surface area contributed by atoms with E-state index in [2.05, 4.69) is 48.8 Å². The molecule has 0 aliphatic carbocycles. The predicted molar refractivity (Wildman–Crippen MR) is 126 cm³/mol. The number of halogens is 2. The first-order chi connectivity index (χ1) is 12.5. The van der Waals surface area contributed by atoms with E-state index in [-0.39, 0.29) is 36.4 Å². The maximum Gasteiger partial charge on any atom is 0.243 e. The summed E-state index contributed by atoms with van der Waals surface area (Å²) < 4.78 is 5.98. The van der Waals surface area contributed by atoms with E-state index in [1.165, 1.54) is 0 Å². The zero-order valence-electron chi connectivity index (χ0n) is 16.5. The number of hydrogen-bond donors (Lipinski definition) is 3. The van der Waals surface area contributed by atoms with Crippen LogP contribution in [0.3, 0.4) is 0 Å². The lowest BCUT2D eigenvalue weighted by Gasteiger charge is -2.18. The van der Waals surface area contributed by atoms with Crippen molar-refractivity contribution >= 4 is 57.5 Å².